The zero-order valence-electron chi connectivity index (χ0n) is 21.4. The molecule has 7 heteroatoms. The van der Waals surface area contributed by atoms with Crippen molar-refractivity contribution in [3.8, 4) is 0 Å². The van der Waals surface area contributed by atoms with E-state index in [1.54, 1.807) is 0 Å². The molecular weight excluding hydrogens is 440 g/mol. The summed E-state index contributed by atoms with van der Waals surface area (Å²) in [6, 6.07) is 14.0. The minimum Gasteiger partial charge on any atom is -0.373 e. The quantitative estimate of drug-likeness (QED) is 0.690. The molecule has 0 bridgehead atoms. The van der Waals surface area contributed by atoms with Crippen LogP contribution in [0.4, 0.5) is 5.69 Å². The monoisotopic (exact) mass is 478 g/mol. The second-order valence-electron chi connectivity index (χ2n) is 10.0. The van der Waals surface area contributed by atoms with Crippen LogP contribution in [0.25, 0.3) is 0 Å². The van der Waals surface area contributed by atoms with E-state index < -0.39 is 0 Å². The van der Waals surface area contributed by atoms with E-state index in [2.05, 4.69) is 41.1 Å². The number of hydrogen-bond acceptors (Lipinski definition) is 5. The Morgan fingerprint density at radius 1 is 0.886 bits per heavy atom. The lowest BCUT2D eigenvalue weighted by atomic mass is 10.1. The number of nitrogens with zero attached hydrogens (tertiary/aromatic N) is 3. The molecule has 2 aliphatic rings. The van der Waals surface area contributed by atoms with Gasteiger partial charge in [0.1, 0.15) is 0 Å². The summed E-state index contributed by atoms with van der Waals surface area (Å²) in [4.78, 5) is 32.0. The normalized spacial score (nSPS) is 21.7. The second-order valence-corrected chi connectivity index (χ2v) is 10.0. The Morgan fingerprint density at radius 2 is 1.49 bits per heavy atom. The number of piperazine rings is 1. The first-order valence-electron chi connectivity index (χ1n) is 12.6. The summed E-state index contributed by atoms with van der Waals surface area (Å²) < 4.78 is 5.82. The number of morpholine rings is 1. The van der Waals surface area contributed by atoms with Crippen molar-refractivity contribution in [1.82, 2.24) is 14.7 Å². The van der Waals surface area contributed by atoms with Crippen LogP contribution in [0.5, 0.6) is 0 Å². The van der Waals surface area contributed by atoms with Gasteiger partial charge in [-0.2, -0.15) is 0 Å². The standard InChI is InChI=1S/C28H38N4O3/c1-20-6-5-7-21(2)27(20)29-26(33)19-30-12-14-32(15-13-30)28(34)25-10-8-24(9-11-25)18-31-16-22(3)35-23(4)17-31/h5-11,22-23H,12-19H2,1-4H3,(H,29,33). The van der Waals surface area contributed by atoms with Crippen LogP contribution in [0.15, 0.2) is 42.5 Å². The zero-order valence-corrected chi connectivity index (χ0v) is 21.4. The first-order chi connectivity index (χ1) is 16.8. The number of nitrogens with one attached hydrogen (secondary N) is 1. The van der Waals surface area contributed by atoms with Crippen molar-refractivity contribution >= 4 is 17.5 Å². The molecule has 2 atom stereocenters. The number of rotatable bonds is 6. The molecule has 2 aliphatic heterocycles. The summed E-state index contributed by atoms with van der Waals surface area (Å²) in [5.74, 6) is 0.0478. The van der Waals surface area contributed by atoms with Crippen LogP contribution in [-0.2, 0) is 16.1 Å². The lowest BCUT2D eigenvalue weighted by Gasteiger charge is -2.35. The molecule has 0 radical (unpaired) electrons. The van der Waals surface area contributed by atoms with E-state index >= 15 is 0 Å². The van der Waals surface area contributed by atoms with E-state index in [1.165, 1.54) is 5.56 Å². The highest BCUT2D eigenvalue weighted by molar-refractivity contribution is 5.95. The first-order valence-corrected chi connectivity index (χ1v) is 12.6. The Balaban J connectivity index is 1.24. The summed E-state index contributed by atoms with van der Waals surface area (Å²) >= 11 is 0. The molecule has 0 saturated carbocycles. The number of anilines is 1. The van der Waals surface area contributed by atoms with Gasteiger partial charge in [0.15, 0.2) is 0 Å². The number of amides is 2. The van der Waals surface area contributed by atoms with Crippen molar-refractivity contribution in [2.24, 2.45) is 0 Å². The molecule has 35 heavy (non-hydrogen) atoms. The van der Waals surface area contributed by atoms with Crippen molar-refractivity contribution in [1.29, 1.82) is 0 Å². The lowest BCUT2D eigenvalue weighted by molar-refractivity contribution is -0.117. The number of ether oxygens (including phenoxy) is 1. The van der Waals surface area contributed by atoms with Gasteiger partial charge < -0.3 is 15.0 Å². The average Bonchev–Trinajstić information content (AvgIpc) is 2.81. The summed E-state index contributed by atoms with van der Waals surface area (Å²) in [5, 5.41) is 3.05. The Hall–Kier alpha value is -2.74. The Morgan fingerprint density at radius 3 is 2.09 bits per heavy atom. The summed E-state index contributed by atoms with van der Waals surface area (Å²) in [6.45, 7) is 13.9. The van der Waals surface area contributed by atoms with E-state index in [4.69, 9.17) is 4.74 Å². The van der Waals surface area contributed by atoms with Crippen LogP contribution < -0.4 is 5.32 Å². The molecule has 0 aliphatic carbocycles. The Kier molecular flexibility index (Phi) is 8.21. The second kappa shape index (κ2) is 11.3. The van der Waals surface area contributed by atoms with Crippen molar-refractivity contribution in [3.05, 3.63) is 64.7 Å². The fourth-order valence-corrected chi connectivity index (χ4v) is 5.11. The highest BCUT2D eigenvalue weighted by Gasteiger charge is 2.25. The number of para-hydroxylation sites is 1. The predicted octanol–water partition coefficient (Wildman–Crippen LogP) is 3.31. The number of hydrogen-bond donors (Lipinski definition) is 1. The van der Waals surface area contributed by atoms with Crippen molar-refractivity contribution in [2.45, 2.75) is 46.4 Å². The molecule has 0 spiro atoms. The van der Waals surface area contributed by atoms with Crippen molar-refractivity contribution in [3.63, 3.8) is 0 Å². The average molecular weight is 479 g/mol. The molecule has 2 aromatic rings. The maximum Gasteiger partial charge on any atom is 0.253 e. The molecule has 7 nitrogen and oxygen atoms in total. The van der Waals surface area contributed by atoms with E-state index in [9.17, 15) is 9.59 Å². The molecule has 1 N–H and O–H groups in total. The van der Waals surface area contributed by atoms with Gasteiger partial charge in [-0.25, -0.2) is 0 Å². The third-order valence-corrected chi connectivity index (χ3v) is 6.87. The third kappa shape index (κ3) is 6.69. The van der Waals surface area contributed by atoms with Gasteiger partial charge in [-0.1, -0.05) is 30.3 Å². The smallest absolute Gasteiger partial charge is 0.253 e. The van der Waals surface area contributed by atoms with E-state index in [0.717, 1.165) is 42.0 Å². The van der Waals surface area contributed by atoms with Gasteiger partial charge >= 0.3 is 0 Å². The molecule has 2 heterocycles. The number of benzene rings is 2. The maximum absolute atomic E-state index is 13.0. The topological polar surface area (TPSA) is 65.1 Å². The van der Waals surface area contributed by atoms with Gasteiger partial charge in [-0.15, -0.1) is 0 Å². The van der Waals surface area contributed by atoms with Crippen LogP contribution in [0.2, 0.25) is 0 Å². The number of carbonyl (C=O) groups is 2. The summed E-state index contributed by atoms with van der Waals surface area (Å²) in [6.07, 6.45) is 0.492. The maximum atomic E-state index is 13.0. The molecule has 4 rings (SSSR count). The van der Waals surface area contributed by atoms with Crippen molar-refractivity contribution < 1.29 is 14.3 Å². The molecule has 2 aromatic carbocycles. The molecule has 188 valence electrons. The van der Waals surface area contributed by atoms with Gasteiger partial charge in [-0.05, 0) is 56.5 Å². The minimum atomic E-state index is -0.0122. The fourth-order valence-electron chi connectivity index (χ4n) is 5.11. The SMILES string of the molecule is Cc1cccc(C)c1NC(=O)CN1CCN(C(=O)c2ccc(CN3CC(C)OC(C)C3)cc2)CC1. The first kappa shape index (κ1) is 25.4. The van der Waals surface area contributed by atoms with Gasteiger partial charge in [0.05, 0.1) is 18.8 Å². The molecular formula is C28H38N4O3. The zero-order chi connectivity index (χ0) is 24.9. The van der Waals surface area contributed by atoms with Gasteiger partial charge in [0.25, 0.3) is 5.91 Å². The summed E-state index contributed by atoms with van der Waals surface area (Å²) in [7, 11) is 0. The minimum absolute atomic E-state index is 0.0122. The van der Waals surface area contributed by atoms with Gasteiger partial charge in [0, 0.05) is 57.1 Å². The van der Waals surface area contributed by atoms with Gasteiger partial charge in [-0.3, -0.25) is 19.4 Å². The van der Waals surface area contributed by atoms with E-state index in [-0.39, 0.29) is 24.0 Å². The van der Waals surface area contributed by atoms with Gasteiger partial charge in [0.2, 0.25) is 5.91 Å². The molecule has 2 unspecified atom stereocenters. The summed E-state index contributed by atoms with van der Waals surface area (Å²) in [5.41, 5.74) is 4.95. The largest absolute Gasteiger partial charge is 0.373 e. The van der Waals surface area contributed by atoms with Crippen LogP contribution >= 0.6 is 0 Å². The highest BCUT2D eigenvalue weighted by atomic mass is 16.5. The van der Waals surface area contributed by atoms with Crippen LogP contribution in [0.1, 0.15) is 40.9 Å². The molecule has 2 amide bonds. The van der Waals surface area contributed by atoms with E-state index in [1.807, 2.05) is 49.1 Å². The number of carbonyl (C=O) groups excluding carboxylic acids is 2. The molecule has 2 fully saturated rings. The van der Waals surface area contributed by atoms with E-state index in [0.29, 0.717) is 32.7 Å². The predicted molar refractivity (Wildman–Crippen MR) is 139 cm³/mol. The highest BCUT2D eigenvalue weighted by Crippen LogP contribution is 2.20. The molecule has 2 saturated heterocycles. The fraction of sp³-hybridized carbons (Fsp3) is 0.500. The van der Waals surface area contributed by atoms with Crippen molar-refractivity contribution in [2.75, 3.05) is 51.1 Å². The Bertz CT molecular complexity index is 1000. The lowest BCUT2D eigenvalue weighted by Crippen LogP contribution is -2.50. The van der Waals surface area contributed by atoms with Crippen LogP contribution in [-0.4, -0.2) is 84.5 Å². The van der Waals surface area contributed by atoms with Crippen LogP contribution in [0.3, 0.4) is 0 Å². The van der Waals surface area contributed by atoms with Crippen LogP contribution in [0, 0.1) is 13.8 Å². The third-order valence-electron chi connectivity index (χ3n) is 6.87. The molecule has 0 aromatic heterocycles. The number of aryl methyl sites for hydroxylation is 2. The Labute approximate surface area is 209 Å².